The first-order valence-electron chi connectivity index (χ1n) is 7.20. The summed E-state index contributed by atoms with van der Waals surface area (Å²) < 4.78 is 0. The lowest BCUT2D eigenvalue weighted by molar-refractivity contribution is 0.596. The molecule has 100 valence electrons. The Labute approximate surface area is 115 Å². The number of benzene rings is 1. The van der Waals surface area contributed by atoms with Gasteiger partial charge in [0.2, 0.25) is 0 Å². The number of fused-ring (bicyclic) bond motifs is 1. The first kappa shape index (κ1) is 12.5. The van der Waals surface area contributed by atoms with E-state index in [0.29, 0.717) is 0 Å². The van der Waals surface area contributed by atoms with Gasteiger partial charge in [0.15, 0.2) is 0 Å². The van der Waals surface area contributed by atoms with Crippen molar-refractivity contribution >= 4 is 16.6 Å². The van der Waals surface area contributed by atoms with Crippen LogP contribution in [0.15, 0.2) is 30.5 Å². The number of pyridine rings is 1. The molecule has 1 aromatic carbocycles. The maximum atomic E-state index is 4.69. The quantitative estimate of drug-likeness (QED) is 0.760. The topological polar surface area (TPSA) is 16.1 Å². The van der Waals surface area contributed by atoms with Gasteiger partial charge < -0.3 is 4.90 Å². The predicted octanol–water partition coefficient (Wildman–Crippen LogP) is 4.13. The fourth-order valence-electron chi connectivity index (χ4n) is 2.93. The van der Waals surface area contributed by atoms with Crippen molar-refractivity contribution in [3.05, 3.63) is 36.0 Å². The van der Waals surface area contributed by atoms with Crippen molar-refractivity contribution < 1.29 is 0 Å². The lowest BCUT2D eigenvalue weighted by Crippen LogP contribution is -2.19. The van der Waals surface area contributed by atoms with Gasteiger partial charge >= 0.3 is 0 Å². The summed E-state index contributed by atoms with van der Waals surface area (Å²) in [5.74, 6) is 1.14. The molecule has 2 heteroatoms. The normalized spacial score (nSPS) is 16.3. The van der Waals surface area contributed by atoms with Crippen LogP contribution in [-0.2, 0) is 5.41 Å². The minimum atomic E-state index is 0.163. The third-order valence-electron chi connectivity index (χ3n) is 3.99. The third-order valence-corrected chi connectivity index (χ3v) is 3.99. The fraction of sp³-hybridized carbons (Fsp3) is 0.471. The zero-order chi connectivity index (χ0) is 13.5. The molecule has 0 unspecified atom stereocenters. The molecule has 0 radical (unpaired) electrons. The summed E-state index contributed by atoms with van der Waals surface area (Å²) in [7, 11) is 0. The summed E-state index contributed by atoms with van der Waals surface area (Å²) in [5.41, 5.74) is 1.54. The smallest absolute Gasteiger partial charge is 0.129 e. The molecule has 1 aliphatic heterocycles. The number of anilines is 1. The summed E-state index contributed by atoms with van der Waals surface area (Å²) in [6.45, 7) is 9.08. The minimum Gasteiger partial charge on any atom is -0.357 e. The van der Waals surface area contributed by atoms with Gasteiger partial charge in [-0.3, -0.25) is 0 Å². The van der Waals surface area contributed by atoms with E-state index in [9.17, 15) is 0 Å². The molecule has 0 aliphatic carbocycles. The van der Waals surface area contributed by atoms with E-state index in [1.54, 1.807) is 0 Å². The Hall–Kier alpha value is -1.57. The highest BCUT2D eigenvalue weighted by Gasteiger charge is 2.18. The SMILES string of the molecule is CC(C)(C)c1cccc2cc(N3CCCC3)ncc12. The van der Waals surface area contributed by atoms with Crippen molar-refractivity contribution in [3.63, 3.8) is 0 Å². The highest BCUT2D eigenvalue weighted by atomic mass is 15.2. The molecule has 2 aromatic rings. The van der Waals surface area contributed by atoms with Gasteiger partial charge in [0.1, 0.15) is 5.82 Å². The van der Waals surface area contributed by atoms with Crippen LogP contribution in [0.25, 0.3) is 10.8 Å². The van der Waals surface area contributed by atoms with E-state index >= 15 is 0 Å². The number of rotatable bonds is 1. The van der Waals surface area contributed by atoms with Crippen LogP contribution in [0.2, 0.25) is 0 Å². The molecule has 1 fully saturated rings. The van der Waals surface area contributed by atoms with Crippen LogP contribution in [0, 0.1) is 0 Å². The summed E-state index contributed by atoms with van der Waals surface area (Å²) in [6.07, 6.45) is 4.65. The van der Waals surface area contributed by atoms with E-state index in [4.69, 9.17) is 0 Å². The second kappa shape index (κ2) is 4.52. The number of aromatic nitrogens is 1. The van der Waals surface area contributed by atoms with Crippen LogP contribution in [0.1, 0.15) is 39.2 Å². The van der Waals surface area contributed by atoms with Gasteiger partial charge in [0.25, 0.3) is 0 Å². The second-order valence-electron chi connectivity index (χ2n) is 6.51. The van der Waals surface area contributed by atoms with Gasteiger partial charge in [0.05, 0.1) is 0 Å². The highest BCUT2D eigenvalue weighted by molar-refractivity contribution is 5.87. The molecule has 19 heavy (non-hydrogen) atoms. The van der Waals surface area contributed by atoms with Gasteiger partial charge in [-0.1, -0.05) is 39.0 Å². The molecule has 3 rings (SSSR count). The molecule has 0 bridgehead atoms. The van der Waals surface area contributed by atoms with Crippen LogP contribution >= 0.6 is 0 Å². The van der Waals surface area contributed by atoms with Crippen molar-refractivity contribution in [1.82, 2.24) is 4.98 Å². The molecule has 1 aromatic heterocycles. The van der Waals surface area contributed by atoms with E-state index in [1.165, 1.54) is 29.2 Å². The number of hydrogen-bond acceptors (Lipinski definition) is 2. The van der Waals surface area contributed by atoms with E-state index < -0.39 is 0 Å². The van der Waals surface area contributed by atoms with Gasteiger partial charge in [-0.15, -0.1) is 0 Å². The molecule has 1 saturated heterocycles. The fourth-order valence-corrected chi connectivity index (χ4v) is 2.93. The Bertz CT molecular complexity index is 590. The Morgan fingerprint density at radius 1 is 1.11 bits per heavy atom. The molecule has 0 atom stereocenters. The molecule has 0 amide bonds. The summed E-state index contributed by atoms with van der Waals surface area (Å²) in [4.78, 5) is 7.08. The monoisotopic (exact) mass is 254 g/mol. The third kappa shape index (κ3) is 2.32. The van der Waals surface area contributed by atoms with Crippen molar-refractivity contribution in [2.24, 2.45) is 0 Å². The van der Waals surface area contributed by atoms with Crippen molar-refractivity contribution in [3.8, 4) is 0 Å². The highest BCUT2D eigenvalue weighted by Crippen LogP contribution is 2.31. The Morgan fingerprint density at radius 3 is 2.53 bits per heavy atom. The van der Waals surface area contributed by atoms with Crippen molar-refractivity contribution in [2.75, 3.05) is 18.0 Å². The molecule has 1 aliphatic rings. The van der Waals surface area contributed by atoms with Gasteiger partial charge in [-0.05, 0) is 35.3 Å². The molecule has 0 saturated carbocycles. The van der Waals surface area contributed by atoms with E-state index in [-0.39, 0.29) is 5.41 Å². The summed E-state index contributed by atoms with van der Waals surface area (Å²) in [6, 6.07) is 8.83. The van der Waals surface area contributed by atoms with E-state index in [2.05, 4.69) is 61.1 Å². The minimum absolute atomic E-state index is 0.163. The standard InChI is InChI=1S/C17H22N2/c1-17(2,3)15-8-6-7-13-11-16(18-12-14(13)15)19-9-4-5-10-19/h6-8,11-12H,4-5,9-10H2,1-3H3. The molecule has 0 N–H and O–H groups in total. The molecular formula is C17H22N2. The van der Waals surface area contributed by atoms with Crippen LogP contribution in [0.4, 0.5) is 5.82 Å². The van der Waals surface area contributed by atoms with E-state index in [0.717, 1.165) is 18.9 Å². The van der Waals surface area contributed by atoms with Crippen LogP contribution in [0.5, 0.6) is 0 Å². The molecule has 2 heterocycles. The zero-order valence-electron chi connectivity index (χ0n) is 12.1. The first-order valence-corrected chi connectivity index (χ1v) is 7.20. The van der Waals surface area contributed by atoms with Gasteiger partial charge in [0, 0.05) is 24.7 Å². The predicted molar refractivity (Wildman–Crippen MR) is 81.9 cm³/mol. The van der Waals surface area contributed by atoms with Crippen LogP contribution in [0.3, 0.4) is 0 Å². The summed E-state index contributed by atoms with van der Waals surface area (Å²) in [5, 5.41) is 2.60. The van der Waals surface area contributed by atoms with Crippen LogP contribution in [-0.4, -0.2) is 18.1 Å². The zero-order valence-corrected chi connectivity index (χ0v) is 12.1. The van der Waals surface area contributed by atoms with Crippen molar-refractivity contribution in [2.45, 2.75) is 39.0 Å². The first-order chi connectivity index (χ1) is 9.05. The maximum absolute atomic E-state index is 4.69. The average molecular weight is 254 g/mol. The van der Waals surface area contributed by atoms with Gasteiger partial charge in [-0.25, -0.2) is 4.98 Å². The average Bonchev–Trinajstić information content (AvgIpc) is 2.90. The maximum Gasteiger partial charge on any atom is 0.129 e. The molecule has 2 nitrogen and oxygen atoms in total. The Kier molecular flexibility index (Phi) is 2.96. The lowest BCUT2D eigenvalue weighted by Gasteiger charge is -2.22. The summed E-state index contributed by atoms with van der Waals surface area (Å²) >= 11 is 0. The second-order valence-corrected chi connectivity index (χ2v) is 6.51. The number of hydrogen-bond donors (Lipinski definition) is 0. The number of nitrogens with zero attached hydrogens (tertiary/aromatic N) is 2. The van der Waals surface area contributed by atoms with Gasteiger partial charge in [-0.2, -0.15) is 0 Å². The van der Waals surface area contributed by atoms with Crippen molar-refractivity contribution in [1.29, 1.82) is 0 Å². The lowest BCUT2D eigenvalue weighted by atomic mass is 9.84. The molecule has 0 spiro atoms. The van der Waals surface area contributed by atoms with Crippen LogP contribution < -0.4 is 4.90 Å². The Morgan fingerprint density at radius 2 is 1.84 bits per heavy atom. The molecular weight excluding hydrogens is 232 g/mol. The van der Waals surface area contributed by atoms with E-state index in [1.807, 2.05) is 0 Å². The Balaban J connectivity index is 2.09. The largest absolute Gasteiger partial charge is 0.357 e.